The summed E-state index contributed by atoms with van der Waals surface area (Å²) in [6.07, 6.45) is 1.00. The van der Waals surface area contributed by atoms with Gasteiger partial charge in [0.1, 0.15) is 4.88 Å². The largest absolute Gasteiger partial charge is 0.465 e. The predicted octanol–water partition coefficient (Wildman–Crippen LogP) is 3.13. The van der Waals surface area contributed by atoms with Gasteiger partial charge >= 0.3 is 5.97 Å². The minimum atomic E-state index is -0.425. The Kier molecular flexibility index (Phi) is 6.73. The molecule has 5 nitrogen and oxygen atoms in total. The van der Waals surface area contributed by atoms with Crippen molar-refractivity contribution in [3.63, 3.8) is 0 Å². The van der Waals surface area contributed by atoms with Gasteiger partial charge in [0, 0.05) is 6.54 Å². The number of methoxy groups -OCH3 is 1. The molecule has 1 aromatic heterocycles. The average Bonchev–Trinajstić information content (AvgIpc) is 3.11. The molecule has 1 amide bonds. The van der Waals surface area contributed by atoms with Crippen LogP contribution in [0.4, 0.5) is 0 Å². The molecule has 2 aromatic rings. The predicted molar refractivity (Wildman–Crippen MR) is 100 cm³/mol. The Bertz CT molecular complexity index is 723. The van der Waals surface area contributed by atoms with E-state index in [1.165, 1.54) is 12.7 Å². The average molecular weight is 360 g/mol. The number of aryl methyl sites for hydroxylation is 1. The van der Waals surface area contributed by atoms with Gasteiger partial charge in [-0.15, -0.1) is 11.3 Å². The van der Waals surface area contributed by atoms with Crippen molar-refractivity contribution in [3.05, 3.63) is 57.3 Å². The number of nitrogens with one attached hydrogen (secondary N) is 1. The number of esters is 1. The van der Waals surface area contributed by atoms with Crippen molar-refractivity contribution < 1.29 is 14.3 Å². The summed E-state index contributed by atoms with van der Waals surface area (Å²) in [5.74, 6) is -0.608. The Hall–Kier alpha value is -2.18. The van der Waals surface area contributed by atoms with E-state index < -0.39 is 5.97 Å². The number of ether oxygens (including phenoxy) is 1. The van der Waals surface area contributed by atoms with E-state index in [0.717, 1.165) is 23.3 Å². The van der Waals surface area contributed by atoms with Gasteiger partial charge in [-0.25, -0.2) is 4.79 Å². The summed E-state index contributed by atoms with van der Waals surface area (Å²) in [6, 6.07) is 11.8. The van der Waals surface area contributed by atoms with Crippen LogP contribution in [0.1, 0.15) is 43.4 Å². The highest BCUT2D eigenvalue weighted by Gasteiger charge is 2.18. The van der Waals surface area contributed by atoms with E-state index >= 15 is 0 Å². The minimum Gasteiger partial charge on any atom is -0.465 e. The van der Waals surface area contributed by atoms with Crippen LogP contribution in [0.3, 0.4) is 0 Å². The quantitative estimate of drug-likeness (QED) is 0.771. The lowest BCUT2D eigenvalue weighted by atomic mass is 10.0. The molecule has 0 saturated carbocycles. The smallest absolute Gasteiger partial charge is 0.348 e. The first-order valence-electron chi connectivity index (χ1n) is 8.17. The molecule has 0 aliphatic carbocycles. The van der Waals surface area contributed by atoms with Crippen molar-refractivity contribution in [1.29, 1.82) is 0 Å². The molecule has 0 fully saturated rings. The Morgan fingerprint density at radius 2 is 1.76 bits per heavy atom. The molecule has 1 heterocycles. The number of benzene rings is 1. The van der Waals surface area contributed by atoms with Gasteiger partial charge < -0.3 is 15.0 Å². The van der Waals surface area contributed by atoms with Gasteiger partial charge in [0.2, 0.25) is 0 Å². The molecular formula is C19H24N2O3S. The van der Waals surface area contributed by atoms with Crippen LogP contribution in [0.2, 0.25) is 0 Å². The fourth-order valence-electron chi connectivity index (χ4n) is 2.52. The molecule has 1 atom stereocenters. The molecule has 0 radical (unpaired) electrons. The summed E-state index contributed by atoms with van der Waals surface area (Å²) in [5.41, 5.74) is 2.45. The van der Waals surface area contributed by atoms with Gasteiger partial charge in [0.25, 0.3) is 5.91 Å². The lowest BCUT2D eigenvalue weighted by molar-refractivity contribution is 0.0606. The molecular weight excluding hydrogens is 336 g/mol. The highest BCUT2D eigenvalue weighted by Crippen LogP contribution is 2.20. The Labute approximate surface area is 152 Å². The number of thiophene rings is 1. The highest BCUT2D eigenvalue weighted by molar-refractivity contribution is 7.15. The van der Waals surface area contributed by atoms with Crippen LogP contribution in [-0.4, -0.2) is 44.5 Å². The number of amides is 1. The number of nitrogens with zero attached hydrogens (tertiary/aromatic N) is 1. The fraction of sp³-hybridized carbons (Fsp3) is 0.368. The SMILES string of the molecule is CCc1ccc(C(CNC(=O)c2ccc(C(=O)OC)s2)N(C)C)cc1. The summed E-state index contributed by atoms with van der Waals surface area (Å²) in [6.45, 7) is 2.62. The maximum absolute atomic E-state index is 12.4. The van der Waals surface area contributed by atoms with E-state index in [9.17, 15) is 9.59 Å². The lowest BCUT2D eigenvalue weighted by Gasteiger charge is -2.25. The molecule has 0 aliphatic rings. The Balaban J connectivity index is 2.03. The summed E-state index contributed by atoms with van der Waals surface area (Å²) in [7, 11) is 5.31. The summed E-state index contributed by atoms with van der Waals surface area (Å²) in [5, 5.41) is 2.96. The lowest BCUT2D eigenvalue weighted by Crippen LogP contribution is -2.34. The minimum absolute atomic E-state index is 0.0786. The third-order valence-electron chi connectivity index (χ3n) is 4.07. The van der Waals surface area contributed by atoms with E-state index in [4.69, 9.17) is 0 Å². The molecule has 1 unspecified atom stereocenters. The fourth-order valence-corrected chi connectivity index (χ4v) is 3.36. The van der Waals surface area contributed by atoms with Crippen molar-refractivity contribution in [3.8, 4) is 0 Å². The van der Waals surface area contributed by atoms with Crippen LogP contribution < -0.4 is 5.32 Å². The van der Waals surface area contributed by atoms with Crippen LogP contribution in [-0.2, 0) is 11.2 Å². The molecule has 1 N–H and O–H groups in total. The first-order valence-corrected chi connectivity index (χ1v) is 8.99. The number of hydrogen-bond donors (Lipinski definition) is 1. The molecule has 0 spiro atoms. The molecule has 134 valence electrons. The van der Waals surface area contributed by atoms with Crippen molar-refractivity contribution in [1.82, 2.24) is 10.2 Å². The van der Waals surface area contributed by atoms with Crippen molar-refractivity contribution in [2.45, 2.75) is 19.4 Å². The zero-order chi connectivity index (χ0) is 18.4. The van der Waals surface area contributed by atoms with E-state index in [1.54, 1.807) is 12.1 Å². The van der Waals surface area contributed by atoms with Crippen LogP contribution >= 0.6 is 11.3 Å². The molecule has 2 rings (SSSR count). The zero-order valence-corrected chi connectivity index (χ0v) is 15.9. The number of carbonyl (C=O) groups excluding carboxylic acids is 2. The number of rotatable bonds is 7. The second-order valence-corrected chi connectivity index (χ2v) is 7.02. The van der Waals surface area contributed by atoms with E-state index in [-0.39, 0.29) is 11.9 Å². The summed E-state index contributed by atoms with van der Waals surface area (Å²) >= 11 is 1.13. The molecule has 25 heavy (non-hydrogen) atoms. The zero-order valence-electron chi connectivity index (χ0n) is 15.0. The van der Waals surface area contributed by atoms with Gasteiger partial charge in [-0.3, -0.25) is 4.79 Å². The van der Waals surface area contributed by atoms with Gasteiger partial charge in [-0.2, -0.15) is 0 Å². The third kappa shape index (κ3) is 4.90. The molecule has 0 aliphatic heterocycles. The van der Waals surface area contributed by atoms with Crippen molar-refractivity contribution in [2.24, 2.45) is 0 Å². The van der Waals surface area contributed by atoms with Crippen LogP contribution in [0.5, 0.6) is 0 Å². The second-order valence-electron chi connectivity index (χ2n) is 5.94. The summed E-state index contributed by atoms with van der Waals surface area (Å²) in [4.78, 5) is 26.8. The Morgan fingerprint density at radius 3 is 2.32 bits per heavy atom. The van der Waals surface area contributed by atoms with Crippen molar-refractivity contribution in [2.75, 3.05) is 27.7 Å². The highest BCUT2D eigenvalue weighted by atomic mass is 32.1. The van der Waals surface area contributed by atoms with Crippen LogP contribution in [0.25, 0.3) is 0 Å². The second kappa shape index (κ2) is 8.78. The standard InChI is InChI=1S/C19H24N2O3S/c1-5-13-6-8-14(9-7-13)15(21(2)3)12-20-18(22)16-10-11-17(25-16)19(23)24-4/h6-11,15H,5,12H2,1-4H3,(H,20,22). The van der Waals surface area contributed by atoms with E-state index in [1.807, 2.05) is 14.1 Å². The molecule has 0 saturated heterocycles. The molecule has 0 bridgehead atoms. The number of carbonyl (C=O) groups is 2. The molecule has 1 aromatic carbocycles. The first-order chi connectivity index (χ1) is 12.0. The van der Waals surface area contributed by atoms with E-state index in [0.29, 0.717) is 16.3 Å². The van der Waals surface area contributed by atoms with Gasteiger partial charge in [-0.1, -0.05) is 31.2 Å². The van der Waals surface area contributed by atoms with Crippen LogP contribution in [0, 0.1) is 0 Å². The maximum atomic E-state index is 12.4. The van der Waals surface area contributed by atoms with Crippen LogP contribution in [0.15, 0.2) is 36.4 Å². The maximum Gasteiger partial charge on any atom is 0.348 e. The third-order valence-corrected chi connectivity index (χ3v) is 5.13. The van der Waals surface area contributed by atoms with Crippen molar-refractivity contribution >= 4 is 23.2 Å². The topological polar surface area (TPSA) is 58.6 Å². The van der Waals surface area contributed by atoms with Gasteiger partial charge in [0.15, 0.2) is 0 Å². The summed E-state index contributed by atoms with van der Waals surface area (Å²) < 4.78 is 4.67. The van der Waals surface area contributed by atoms with E-state index in [2.05, 4.69) is 46.1 Å². The Morgan fingerprint density at radius 1 is 1.12 bits per heavy atom. The normalized spacial score (nSPS) is 12.0. The number of hydrogen-bond acceptors (Lipinski definition) is 5. The monoisotopic (exact) mass is 360 g/mol. The molecule has 6 heteroatoms. The van der Waals surface area contributed by atoms with Gasteiger partial charge in [0.05, 0.1) is 18.0 Å². The van der Waals surface area contributed by atoms with Gasteiger partial charge in [-0.05, 0) is 43.8 Å². The first kappa shape index (κ1) is 19.1. The number of likely N-dealkylation sites (N-methyl/N-ethyl adjacent to an activating group) is 1.